The van der Waals surface area contributed by atoms with E-state index in [9.17, 15) is 4.79 Å². The number of ether oxygens (including phenoxy) is 2. The van der Waals surface area contributed by atoms with Crippen LogP contribution in [-0.4, -0.2) is 12.6 Å². The fourth-order valence-electron chi connectivity index (χ4n) is 6.57. The molecule has 0 aliphatic heterocycles. The van der Waals surface area contributed by atoms with Gasteiger partial charge in [0.15, 0.2) is 0 Å². The van der Waals surface area contributed by atoms with Gasteiger partial charge >= 0.3 is 5.97 Å². The summed E-state index contributed by atoms with van der Waals surface area (Å²) < 4.78 is 11.8. The molecule has 3 rings (SSSR count). The molecule has 0 aliphatic rings. The number of hydrogen-bond acceptors (Lipinski definition) is 3. The summed E-state index contributed by atoms with van der Waals surface area (Å²) in [5, 5.41) is 0. The maximum absolute atomic E-state index is 12.8. The molecule has 0 bridgehead atoms. The summed E-state index contributed by atoms with van der Waals surface area (Å²) in [5.74, 6) is 0.245. The molecule has 0 saturated carbocycles. The molecule has 0 heterocycles. The van der Waals surface area contributed by atoms with Crippen LogP contribution in [0.2, 0.25) is 0 Å². The zero-order chi connectivity index (χ0) is 34.8. The van der Waals surface area contributed by atoms with Crippen molar-refractivity contribution in [1.29, 1.82) is 0 Å². The van der Waals surface area contributed by atoms with Gasteiger partial charge in [0.25, 0.3) is 0 Å². The van der Waals surface area contributed by atoms with Crippen LogP contribution in [0.1, 0.15) is 183 Å². The molecular formula is C46H68O3. The number of carbonyl (C=O) groups excluding carboxylic acids is 1. The molecule has 270 valence electrons. The van der Waals surface area contributed by atoms with Gasteiger partial charge in [-0.1, -0.05) is 184 Å². The Labute approximate surface area is 300 Å². The first-order valence-corrected chi connectivity index (χ1v) is 20.2. The minimum absolute atomic E-state index is 0.0914. The van der Waals surface area contributed by atoms with E-state index < -0.39 is 0 Å². The van der Waals surface area contributed by atoms with Crippen LogP contribution in [0.5, 0.6) is 5.75 Å². The number of carbonyl (C=O) groups is 1. The van der Waals surface area contributed by atoms with Crippen LogP contribution in [0, 0.1) is 0 Å². The molecule has 49 heavy (non-hydrogen) atoms. The van der Waals surface area contributed by atoms with Gasteiger partial charge in [-0.3, -0.25) is 0 Å². The molecule has 3 aromatic rings. The Kier molecular flexibility index (Phi) is 21.5. The SMILES string of the molecule is CCCCCCCCCCCCCCCc1ccc(C(=O)Oc2ccc(-c3ccc(C(C)OCCCCCCCCCC)cc3)cc2)cc1. The van der Waals surface area contributed by atoms with Crippen LogP contribution in [0.25, 0.3) is 11.1 Å². The summed E-state index contributed by atoms with van der Waals surface area (Å²) in [5.41, 5.74) is 5.31. The van der Waals surface area contributed by atoms with Gasteiger partial charge in [-0.05, 0) is 72.7 Å². The third-order valence-electron chi connectivity index (χ3n) is 9.90. The molecule has 1 atom stereocenters. The predicted molar refractivity (Wildman–Crippen MR) is 210 cm³/mol. The molecule has 1 unspecified atom stereocenters. The lowest BCUT2D eigenvalue weighted by molar-refractivity contribution is 0.0627. The van der Waals surface area contributed by atoms with Crippen LogP contribution >= 0.6 is 0 Å². The van der Waals surface area contributed by atoms with Crippen LogP contribution in [0.15, 0.2) is 72.8 Å². The zero-order valence-electron chi connectivity index (χ0n) is 31.5. The van der Waals surface area contributed by atoms with E-state index >= 15 is 0 Å². The van der Waals surface area contributed by atoms with Gasteiger partial charge in [-0.2, -0.15) is 0 Å². The van der Waals surface area contributed by atoms with Gasteiger partial charge < -0.3 is 9.47 Å². The van der Waals surface area contributed by atoms with E-state index in [0.29, 0.717) is 11.3 Å². The lowest BCUT2D eigenvalue weighted by atomic mass is 10.0. The molecule has 3 nitrogen and oxygen atoms in total. The predicted octanol–water partition coefficient (Wildman–Crippen LogP) is 14.4. The summed E-state index contributed by atoms with van der Waals surface area (Å²) >= 11 is 0. The zero-order valence-corrected chi connectivity index (χ0v) is 31.5. The Hall–Kier alpha value is -2.91. The number of benzene rings is 3. The number of hydrogen-bond donors (Lipinski definition) is 0. The second kappa shape index (κ2) is 26.0. The molecule has 0 spiro atoms. The lowest BCUT2D eigenvalue weighted by Crippen LogP contribution is -2.08. The van der Waals surface area contributed by atoms with Crippen molar-refractivity contribution >= 4 is 5.97 Å². The van der Waals surface area contributed by atoms with Crippen molar-refractivity contribution in [3.05, 3.63) is 89.5 Å². The van der Waals surface area contributed by atoms with Crippen LogP contribution in [-0.2, 0) is 11.2 Å². The molecule has 0 aliphatic carbocycles. The van der Waals surface area contributed by atoms with Crippen molar-refractivity contribution in [1.82, 2.24) is 0 Å². The summed E-state index contributed by atoms with van der Waals surface area (Å²) in [4.78, 5) is 12.8. The van der Waals surface area contributed by atoms with Crippen molar-refractivity contribution in [2.45, 2.75) is 168 Å². The molecule has 0 aromatic heterocycles. The summed E-state index contributed by atoms with van der Waals surface area (Å²) in [6, 6.07) is 24.3. The van der Waals surface area contributed by atoms with E-state index in [-0.39, 0.29) is 12.1 Å². The maximum Gasteiger partial charge on any atom is 0.343 e. The van der Waals surface area contributed by atoms with Crippen molar-refractivity contribution in [3.63, 3.8) is 0 Å². The third kappa shape index (κ3) is 17.5. The highest BCUT2D eigenvalue weighted by atomic mass is 16.5. The standard InChI is InChI=1S/C46H68O3/c1-4-6-8-10-12-14-15-16-17-18-19-21-23-25-40-26-28-44(29-27-40)46(47)49-45-36-34-43(35-37-45)42-32-30-41(31-33-42)39(3)48-38-24-22-20-13-11-9-7-5-2/h26-37,39H,4-25,38H2,1-3H3. The van der Waals surface area contributed by atoms with Crippen molar-refractivity contribution < 1.29 is 14.3 Å². The molecule has 0 radical (unpaired) electrons. The fourth-order valence-corrected chi connectivity index (χ4v) is 6.57. The van der Waals surface area contributed by atoms with Gasteiger partial charge in [0.05, 0.1) is 11.7 Å². The van der Waals surface area contributed by atoms with E-state index in [0.717, 1.165) is 30.6 Å². The normalized spacial score (nSPS) is 11.9. The van der Waals surface area contributed by atoms with E-state index in [1.54, 1.807) is 0 Å². The van der Waals surface area contributed by atoms with E-state index in [1.807, 2.05) is 36.4 Å². The fraction of sp³-hybridized carbons (Fsp3) is 0.587. The van der Waals surface area contributed by atoms with E-state index in [4.69, 9.17) is 9.47 Å². The molecule has 3 heteroatoms. The van der Waals surface area contributed by atoms with Gasteiger partial charge in [-0.25, -0.2) is 4.79 Å². The highest BCUT2D eigenvalue weighted by Crippen LogP contribution is 2.26. The van der Waals surface area contributed by atoms with Crippen LogP contribution < -0.4 is 4.74 Å². The smallest absolute Gasteiger partial charge is 0.343 e. The number of aryl methyl sites for hydroxylation is 1. The van der Waals surface area contributed by atoms with E-state index in [1.165, 1.54) is 140 Å². The number of rotatable bonds is 28. The lowest BCUT2D eigenvalue weighted by Gasteiger charge is -2.14. The van der Waals surface area contributed by atoms with Gasteiger partial charge in [0.2, 0.25) is 0 Å². The topological polar surface area (TPSA) is 35.5 Å². The first-order chi connectivity index (χ1) is 24.1. The molecule has 0 fully saturated rings. The molecule has 0 saturated heterocycles. The monoisotopic (exact) mass is 669 g/mol. The molecule has 0 N–H and O–H groups in total. The second-order valence-electron chi connectivity index (χ2n) is 14.2. The first kappa shape index (κ1) is 40.5. The number of esters is 1. The molecule has 3 aromatic carbocycles. The molecule has 0 amide bonds. The Morgan fingerprint density at radius 3 is 1.43 bits per heavy atom. The van der Waals surface area contributed by atoms with Crippen molar-refractivity contribution in [2.24, 2.45) is 0 Å². The Balaban J connectivity index is 1.28. The highest BCUT2D eigenvalue weighted by Gasteiger charge is 2.10. The van der Waals surface area contributed by atoms with Crippen molar-refractivity contribution in [2.75, 3.05) is 6.61 Å². The quantitative estimate of drug-likeness (QED) is 0.0439. The van der Waals surface area contributed by atoms with Crippen LogP contribution in [0.3, 0.4) is 0 Å². The minimum atomic E-state index is -0.314. The Bertz CT molecular complexity index is 1230. The van der Waals surface area contributed by atoms with Crippen molar-refractivity contribution in [3.8, 4) is 16.9 Å². The minimum Gasteiger partial charge on any atom is -0.423 e. The second-order valence-corrected chi connectivity index (χ2v) is 14.2. The highest BCUT2D eigenvalue weighted by molar-refractivity contribution is 5.91. The first-order valence-electron chi connectivity index (χ1n) is 20.2. The van der Waals surface area contributed by atoms with E-state index in [2.05, 4.69) is 57.2 Å². The average Bonchev–Trinajstić information content (AvgIpc) is 3.13. The Morgan fingerprint density at radius 2 is 0.939 bits per heavy atom. The maximum atomic E-state index is 12.8. The summed E-state index contributed by atoms with van der Waals surface area (Å²) in [7, 11) is 0. The van der Waals surface area contributed by atoms with Gasteiger partial charge in [0, 0.05) is 6.61 Å². The van der Waals surface area contributed by atoms with Crippen LogP contribution in [0.4, 0.5) is 0 Å². The average molecular weight is 669 g/mol. The summed E-state index contributed by atoms with van der Waals surface area (Å²) in [6.45, 7) is 7.51. The largest absolute Gasteiger partial charge is 0.423 e. The molecular weight excluding hydrogens is 601 g/mol. The van der Waals surface area contributed by atoms with Gasteiger partial charge in [-0.15, -0.1) is 0 Å². The number of unbranched alkanes of at least 4 members (excludes halogenated alkanes) is 19. The summed E-state index contributed by atoms with van der Waals surface area (Å²) in [6.07, 6.45) is 29.5. The Morgan fingerprint density at radius 1 is 0.510 bits per heavy atom. The third-order valence-corrected chi connectivity index (χ3v) is 9.90. The van der Waals surface area contributed by atoms with Gasteiger partial charge in [0.1, 0.15) is 5.75 Å².